The first-order valence-corrected chi connectivity index (χ1v) is 2.46. The standard InChI is InChI=1S/C4H4F3N3.Na.H/c1-2-8-3(10-9-2)4(5,6)7;;/h1H3,(H,8,9,10);;/q;+1;-1. The summed E-state index contributed by atoms with van der Waals surface area (Å²) in [4.78, 5) is 3.09. The van der Waals surface area contributed by atoms with Gasteiger partial charge in [-0.2, -0.15) is 13.2 Å². The Hall–Kier alpha value is -0.0700. The molecule has 0 aromatic carbocycles. The zero-order valence-corrected chi connectivity index (χ0v) is 8.03. The number of hydrogen-bond donors (Lipinski definition) is 1. The van der Waals surface area contributed by atoms with E-state index < -0.39 is 12.0 Å². The Balaban J connectivity index is 0. The zero-order chi connectivity index (χ0) is 7.78. The van der Waals surface area contributed by atoms with Crippen molar-refractivity contribution in [2.45, 2.75) is 13.1 Å². The van der Waals surface area contributed by atoms with Crippen LogP contribution in [0, 0.1) is 6.92 Å². The van der Waals surface area contributed by atoms with Crippen molar-refractivity contribution in [1.82, 2.24) is 15.2 Å². The molecular weight excluding hydrogens is 170 g/mol. The molecule has 0 radical (unpaired) electrons. The number of hydrogen-bond acceptors (Lipinski definition) is 2. The predicted octanol–water partition coefficient (Wildman–Crippen LogP) is -1.75. The number of rotatable bonds is 0. The summed E-state index contributed by atoms with van der Waals surface area (Å²) in [5, 5.41) is 5.02. The first-order valence-electron chi connectivity index (χ1n) is 2.46. The minimum absolute atomic E-state index is 0. The van der Waals surface area contributed by atoms with Crippen LogP contribution in [0.3, 0.4) is 0 Å². The maximum absolute atomic E-state index is 11.7. The van der Waals surface area contributed by atoms with E-state index in [0.717, 1.165) is 0 Å². The fraction of sp³-hybridized carbons (Fsp3) is 0.500. The molecule has 11 heavy (non-hydrogen) atoms. The van der Waals surface area contributed by atoms with E-state index in [2.05, 4.69) is 15.2 Å². The van der Waals surface area contributed by atoms with E-state index >= 15 is 0 Å². The van der Waals surface area contributed by atoms with Crippen LogP contribution in [0.1, 0.15) is 13.1 Å². The first kappa shape index (κ1) is 10.9. The van der Waals surface area contributed by atoms with Crippen LogP contribution < -0.4 is 29.6 Å². The average Bonchev–Trinajstić information content (AvgIpc) is 2.11. The molecule has 0 fully saturated rings. The molecule has 0 spiro atoms. The zero-order valence-electron chi connectivity index (χ0n) is 7.03. The van der Waals surface area contributed by atoms with Crippen LogP contribution in [0.2, 0.25) is 0 Å². The van der Waals surface area contributed by atoms with Crippen LogP contribution in [0.25, 0.3) is 0 Å². The van der Waals surface area contributed by atoms with Crippen LogP contribution in [-0.2, 0) is 6.18 Å². The molecule has 1 aromatic heterocycles. The van der Waals surface area contributed by atoms with Crippen molar-refractivity contribution in [1.29, 1.82) is 0 Å². The fourth-order valence-electron chi connectivity index (χ4n) is 0.469. The van der Waals surface area contributed by atoms with Crippen molar-refractivity contribution in [2.24, 2.45) is 0 Å². The van der Waals surface area contributed by atoms with Gasteiger partial charge >= 0.3 is 35.7 Å². The Morgan fingerprint density at radius 2 is 2.00 bits per heavy atom. The second-order valence-corrected chi connectivity index (χ2v) is 1.74. The Labute approximate surface area is 84.2 Å². The van der Waals surface area contributed by atoms with Gasteiger partial charge in [0.15, 0.2) is 0 Å². The minimum atomic E-state index is -4.44. The Morgan fingerprint density at radius 3 is 2.18 bits per heavy atom. The van der Waals surface area contributed by atoms with Crippen molar-refractivity contribution in [3.8, 4) is 0 Å². The summed E-state index contributed by atoms with van der Waals surface area (Å²) in [6.07, 6.45) is -4.44. The van der Waals surface area contributed by atoms with Gasteiger partial charge in [-0.25, -0.2) is 4.98 Å². The predicted molar refractivity (Wildman–Crippen MR) is 27.2 cm³/mol. The molecule has 1 heterocycles. The van der Waals surface area contributed by atoms with Gasteiger partial charge in [0.25, 0.3) is 5.82 Å². The van der Waals surface area contributed by atoms with Gasteiger partial charge < -0.3 is 1.43 Å². The van der Waals surface area contributed by atoms with E-state index in [1.54, 1.807) is 0 Å². The van der Waals surface area contributed by atoms with Crippen LogP contribution >= 0.6 is 0 Å². The maximum atomic E-state index is 11.7. The van der Waals surface area contributed by atoms with Crippen molar-refractivity contribution in [3.05, 3.63) is 11.6 Å². The van der Waals surface area contributed by atoms with Gasteiger partial charge in [0.1, 0.15) is 5.82 Å². The topological polar surface area (TPSA) is 41.6 Å². The molecule has 7 heteroatoms. The first-order chi connectivity index (χ1) is 4.50. The Morgan fingerprint density at radius 1 is 1.45 bits per heavy atom. The summed E-state index contributed by atoms with van der Waals surface area (Å²) >= 11 is 0. The van der Waals surface area contributed by atoms with Crippen molar-refractivity contribution in [2.75, 3.05) is 0 Å². The summed E-state index contributed by atoms with van der Waals surface area (Å²) in [7, 11) is 0. The fourth-order valence-corrected chi connectivity index (χ4v) is 0.469. The summed E-state index contributed by atoms with van der Waals surface area (Å²) in [6, 6.07) is 0. The molecule has 0 amide bonds. The minimum Gasteiger partial charge on any atom is -1.00 e. The molecule has 0 aliphatic carbocycles. The summed E-state index contributed by atoms with van der Waals surface area (Å²) in [6.45, 7) is 1.40. The third kappa shape index (κ3) is 2.80. The molecule has 0 saturated heterocycles. The monoisotopic (exact) mass is 175 g/mol. The van der Waals surface area contributed by atoms with Crippen molar-refractivity contribution in [3.63, 3.8) is 0 Å². The van der Waals surface area contributed by atoms with Gasteiger partial charge in [-0.3, -0.25) is 5.10 Å². The average molecular weight is 175 g/mol. The van der Waals surface area contributed by atoms with E-state index in [1.807, 2.05) is 0 Å². The van der Waals surface area contributed by atoms with Gasteiger partial charge in [0.05, 0.1) is 0 Å². The van der Waals surface area contributed by atoms with E-state index in [-0.39, 0.29) is 36.8 Å². The molecule has 0 saturated carbocycles. The van der Waals surface area contributed by atoms with Crippen LogP contribution in [0.4, 0.5) is 13.2 Å². The molecule has 0 atom stereocenters. The largest absolute Gasteiger partial charge is 1.00 e. The van der Waals surface area contributed by atoms with E-state index in [9.17, 15) is 13.2 Å². The van der Waals surface area contributed by atoms with Gasteiger partial charge in [0.2, 0.25) is 0 Å². The van der Waals surface area contributed by atoms with E-state index in [4.69, 9.17) is 0 Å². The SMILES string of the molecule is Cc1nc(C(F)(F)F)n[nH]1.[H-].[Na+]. The molecule has 0 aliphatic heterocycles. The quantitative estimate of drug-likeness (QED) is 0.475. The number of nitrogens with one attached hydrogen (secondary N) is 1. The molecule has 0 bridgehead atoms. The molecule has 1 aromatic rings. The van der Waals surface area contributed by atoms with Crippen LogP contribution in [0.15, 0.2) is 0 Å². The number of aromatic nitrogens is 3. The second-order valence-electron chi connectivity index (χ2n) is 1.74. The molecule has 0 aliphatic rings. The van der Waals surface area contributed by atoms with Gasteiger partial charge in [-0.15, -0.1) is 5.10 Å². The van der Waals surface area contributed by atoms with Crippen LogP contribution in [-0.4, -0.2) is 15.2 Å². The summed E-state index contributed by atoms with van der Waals surface area (Å²) < 4.78 is 35.0. The van der Waals surface area contributed by atoms with Gasteiger partial charge in [-0.1, -0.05) is 0 Å². The molecular formula is C4H5F3N3Na. The van der Waals surface area contributed by atoms with Gasteiger partial charge in [-0.05, 0) is 6.92 Å². The molecule has 0 unspecified atom stereocenters. The number of nitrogens with zero attached hydrogens (tertiary/aromatic N) is 2. The Kier molecular flexibility index (Phi) is 3.53. The molecule has 58 valence electrons. The molecule has 1 rings (SSSR count). The number of H-pyrrole nitrogens is 1. The smallest absolute Gasteiger partial charge is 1.00 e. The second kappa shape index (κ2) is 3.55. The molecule has 1 N–H and O–H groups in total. The number of alkyl halides is 3. The van der Waals surface area contributed by atoms with Crippen molar-refractivity contribution >= 4 is 0 Å². The third-order valence-corrected chi connectivity index (χ3v) is 0.851. The van der Waals surface area contributed by atoms with Gasteiger partial charge in [0, 0.05) is 0 Å². The normalized spacial score (nSPS) is 10.9. The maximum Gasteiger partial charge on any atom is 1.00 e. The summed E-state index contributed by atoms with van der Waals surface area (Å²) in [5.41, 5.74) is 0. The van der Waals surface area contributed by atoms with Crippen LogP contribution in [0.5, 0.6) is 0 Å². The summed E-state index contributed by atoms with van der Waals surface area (Å²) in [5.74, 6) is -0.961. The van der Waals surface area contributed by atoms with Crippen molar-refractivity contribution < 1.29 is 44.2 Å². The Bertz CT molecular complexity index is 236. The third-order valence-electron chi connectivity index (χ3n) is 0.851. The number of aryl methyl sites for hydroxylation is 1. The molecule has 3 nitrogen and oxygen atoms in total. The van der Waals surface area contributed by atoms with E-state index in [1.165, 1.54) is 6.92 Å². The number of halogens is 3. The van der Waals surface area contributed by atoms with E-state index in [0.29, 0.717) is 0 Å². The number of aromatic amines is 1.